The van der Waals surface area contributed by atoms with Gasteiger partial charge in [0.25, 0.3) is 17.7 Å². The van der Waals surface area contributed by atoms with Crippen LogP contribution in [0.3, 0.4) is 0 Å². The van der Waals surface area contributed by atoms with Crippen LogP contribution in [0.25, 0.3) is 10.1 Å². The van der Waals surface area contributed by atoms with Crippen molar-refractivity contribution in [1.82, 2.24) is 16.2 Å². The van der Waals surface area contributed by atoms with E-state index >= 15 is 0 Å². The van der Waals surface area contributed by atoms with Crippen molar-refractivity contribution in [2.24, 2.45) is 5.92 Å². The average Bonchev–Trinajstić information content (AvgIpc) is 3.12. The molecule has 0 aliphatic heterocycles. The number of rotatable bonds is 7. The van der Waals surface area contributed by atoms with E-state index in [1.807, 2.05) is 31.2 Å². The minimum Gasteiger partial charge on any atom is -0.493 e. The Kier molecular flexibility index (Phi) is 7.71. The average molecular weight is 474 g/mol. The standard InChI is InChI=1S/C23H24ClN3O4S/c1-4-31-16-11-7-5-9-14(16)21(28)25-19(13(2)3)22(29)26-27-23(30)20-18(24)15-10-6-8-12-17(15)32-20/h5-13,19H,4H2,1-3H3,(H,25,28)(H,26,29)(H,27,30)/t19-/m1/s1. The molecule has 0 spiro atoms. The SMILES string of the molecule is CCOc1ccccc1C(=O)N[C@@H](C(=O)NNC(=O)c1sc2ccccc2c1Cl)C(C)C. The lowest BCUT2D eigenvalue weighted by atomic mass is 10.0. The molecule has 1 aromatic heterocycles. The number of halogens is 1. The molecule has 0 aliphatic carbocycles. The maximum atomic E-state index is 12.8. The third kappa shape index (κ3) is 5.20. The Hall–Kier alpha value is -3.10. The number of fused-ring (bicyclic) bond motifs is 1. The highest BCUT2D eigenvalue weighted by Crippen LogP contribution is 2.34. The van der Waals surface area contributed by atoms with Crippen LogP contribution in [-0.2, 0) is 4.79 Å². The molecule has 3 rings (SSSR count). The minimum absolute atomic E-state index is 0.233. The smallest absolute Gasteiger partial charge is 0.281 e. The van der Waals surface area contributed by atoms with E-state index in [0.717, 1.165) is 10.1 Å². The summed E-state index contributed by atoms with van der Waals surface area (Å²) in [5.74, 6) is -1.32. The van der Waals surface area contributed by atoms with Gasteiger partial charge >= 0.3 is 0 Å². The van der Waals surface area contributed by atoms with Crippen LogP contribution < -0.4 is 20.9 Å². The number of hydrazine groups is 1. The number of hydrogen-bond donors (Lipinski definition) is 3. The predicted molar refractivity (Wildman–Crippen MR) is 126 cm³/mol. The van der Waals surface area contributed by atoms with Crippen LogP contribution in [0.15, 0.2) is 48.5 Å². The van der Waals surface area contributed by atoms with Gasteiger partial charge < -0.3 is 10.1 Å². The molecule has 0 bridgehead atoms. The van der Waals surface area contributed by atoms with Gasteiger partial charge in [-0.05, 0) is 31.0 Å². The lowest BCUT2D eigenvalue weighted by molar-refractivity contribution is -0.124. The monoisotopic (exact) mass is 473 g/mol. The summed E-state index contributed by atoms with van der Waals surface area (Å²) in [6.07, 6.45) is 0. The van der Waals surface area contributed by atoms with Crippen LogP contribution in [0.2, 0.25) is 5.02 Å². The number of benzene rings is 2. The Morgan fingerprint density at radius 3 is 2.38 bits per heavy atom. The van der Waals surface area contributed by atoms with E-state index in [9.17, 15) is 14.4 Å². The van der Waals surface area contributed by atoms with Gasteiger partial charge in [-0.2, -0.15) is 0 Å². The zero-order valence-electron chi connectivity index (χ0n) is 17.9. The van der Waals surface area contributed by atoms with Gasteiger partial charge in [0.2, 0.25) is 0 Å². The molecule has 0 saturated heterocycles. The van der Waals surface area contributed by atoms with Crippen molar-refractivity contribution >= 4 is 50.7 Å². The van der Waals surface area contributed by atoms with Crippen LogP contribution in [0.5, 0.6) is 5.75 Å². The number of hydrogen-bond acceptors (Lipinski definition) is 5. The van der Waals surface area contributed by atoms with Crippen molar-refractivity contribution in [3.05, 3.63) is 64.0 Å². The van der Waals surface area contributed by atoms with E-state index in [1.165, 1.54) is 11.3 Å². The summed E-state index contributed by atoms with van der Waals surface area (Å²) in [6, 6.07) is 13.3. The maximum absolute atomic E-state index is 12.8. The van der Waals surface area contributed by atoms with E-state index < -0.39 is 23.8 Å². The van der Waals surface area contributed by atoms with Gasteiger partial charge in [0.1, 0.15) is 16.7 Å². The van der Waals surface area contributed by atoms with Crippen LogP contribution in [0.1, 0.15) is 40.8 Å². The first-order chi connectivity index (χ1) is 15.3. The van der Waals surface area contributed by atoms with Gasteiger partial charge in [0.15, 0.2) is 0 Å². The quantitative estimate of drug-likeness (QED) is 0.449. The first kappa shape index (κ1) is 23.6. The number of carbonyl (C=O) groups is 3. The lowest BCUT2D eigenvalue weighted by Gasteiger charge is -2.22. The Bertz CT molecular complexity index is 1150. The molecule has 1 atom stereocenters. The molecule has 0 aliphatic rings. The molecule has 168 valence electrons. The second-order valence-electron chi connectivity index (χ2n) is 7.31. The van der Waals surface area contributed by atoms with Crippen LogP contribution in [0, 0.1) is 5.92 Å². The molecule has 3 amide bonds. The minimum atomic E-state index is -0.879. The van der Waals surface area contributed by atoms with Crippen molar-refractivity contribution in [2.75, 3.05) is 6.61 Å². The number of nitrogens with one attached hydrogen (secondary N) is 3. The summed E-state index contributed by atoms with van der Waals surface area (Å²) >= 11 is 7.56. The highest BCUT2D eigenvalue weighted by atomic mass is 35.5. The summed E-state index contributed by atoms with van der Waals surface area (Å²) in [4.78, 5) is 38.4. The van der Waals surface area contributed by atoms with Gasteiger partial charge in [-0.1, -0.05) is 55.8 Å². The molecule has 3 N–H and O–H groups in total. The van der Waals surface area contributed by atoms with Crippen molar-refractivity contribution in [2.45, 2.75) is 26.8 Å². The molecule has 0 saturated carbocycles. The molecular formula is C23H24ClN3O4S. The zero-order chi connectivity index (χ0) is 23.3. The molecule has 1 heterocycles. The van der Waals surface area contributed by atoms with E-state index in [4.69, 9.17) is 16.3 Å². The van der Waals surface area contributed by atoms with Gasteiger partial charge in [-0.15, -0.1) is 11.3 Å². The maximum Gasteiger partial charge on any atom is 0.281 e. The largest absolute Gasteiger partial charge is 0.493 e. The number of ether oxygens (including phenoxy) is 1. The number of para-hydroxylation sites is 1. The van der Waals surface area contributed by atoms with Crippen molar-refractivity contribution < 1.29 is 19.1 Å². The summed E-state index contributed by atoms with van der Waals surface area (Å²) in [7, 11) is 0. The van der Waals surface area contributed by atoms with Crippen LogP contribution >= 0.6 is 22.9 Å². The highest BCUT2D eigenvalue weighted by Gasteiger charge is 2.27. The number of amides is 3. The topological polar surface area (TPSA) is 96.5 Å². The van der Waals surface area contributed by atoms with Gasteiger partial charge in [0.05, 0.1) is 17.2 Å². The Labute approximate surface area is 195 Å². The normalized spacial score (nSPS) is 11.8. The second kappa shape index (κ2) is 10.5. The molecule has 32 heavy (non-hydrogen) atoms. The second-order valence-corrected chi connectivity index (χ2v) is 8.74. The summed E-state index contributed by atoms with van der Waals surface area (Å²) < 4.78 is 6.36. The third-order valence-corrected chi connectivity index (χ3v) is 6.38. The molecule has 2 aromatic carbocycles. The van der Waals surface area contributed by atoms with E-state index in [-0.39, 0.29) is 5.92 Å². The molecule has 0 radical (unpaired) electrons. The predicted octanol–water partition coefficient (Wildman–Crippen LogP) is 4.17. The van der Waals surface area contributed by atoms with E-state index in [0.29, 0.717) is 27.8 Å². The van der Waals surface area contributed by atoms with Gasteiger partial charge in [-0.25, -0.2) is 0 Å². The molecular weight excluding hydrogens is 450 g/mol. The number of carbonyl (C=O) groups excluding carboxylic acids is 3. The van der Waals surface area contributed by atoms with Crippen molar-refractivity contribution in [3.63, 3.8) is 0 Å². The first-order valence-electron chi connectivity index (χ1n) is 10.1. The molecule has 9 heteroatoms. The fraction of sp³-hybridized carbons (Fsp3) is 0.261. The van der Waals surface area contributed by atoms with Gasteiger partial charge in [0, 0.05) is 10.1 Å². The highest BCUT2D eigenvalue weighted by molar-refractivity contribution is 7.21. The van der Waals surface area contributed by atoms with Crippen molar-refractivity contribution in [3.8, 4) is 5.75 Å². The van der Waals surface area contributed by atoms with Crippen LogP contribution in [-0.4, -0.2) is 30.4 Å². The fourth-order valence-corrected chi connectivity index (χ4v) is 4.51. The van der Waals surface area contributed by atoms with E-state index in [1.54, 1.807) is 38.1 Å². The zero-order valence-corrected chi connectivity index (χ0v) is 19.5. The Morgan fingerprint density at radius 1 is 1.00 bits per heavy atom. The Balaban J connectivity index is 1.68. The van der Waals surface area contributed by atoms with Crippen LogP contribution in [0.4, 0.5) is 0 Å². The molecule has 3 aromatic rings. The summed E-state index contributed by atoms with van der Waals surface area (Å²) in [6.45, 7) is 5.82. The third-order valence-electron chi connectivity index (χ3n) is 4.71. The molecule has 0 fully saturated rings. The summed E-state index contributed by atoms with van der Waals surface area (Å²) in [5.41, 5.74) is 5.11. The molecule has 7 nitrogen and oxygen atoms in total. The first-order valence-corrected chi connectivity index (χ1v) is 11.3. The van der Waals surface area contributed by atoms with Crippen molar-refractivity contribution in [1.29, 1.82) is 0 Å². The fourth-order valence-electron chi connectivity index (χ4n) is 3.10. The lowest BCUT2D eigenvalue weighted by Crippen LogP contribution is -2.54. The Morgan fingerprint density at radius 2 is 1.69 bits per heavy atom. The van der Waals surface area contributed by atoms with Gasteiger partial charge in [-0.3, -0.25) is 25.2 Å². The number of thiophene rings is 1. The van der Waals surface area contributed by atoms with E-state index in [2.05, 4.69) is 16.2 Å². The summed E-state index contributed by atoms with van der Waals surface area (Å²) in [5, 5.41) is 3.83. The molecule has 0 unspecified atom stereocenters.